The lowest BCUT2D eigenvalue weighted by Crippen LogP contribution is -2.62. The van der Waals surface area contributed by atoms with E-state index >= 15 is 0 Å². The van der Waals surface area contributed by atoms with Gasteiger partial charge in [-0.1, -0.05) is 0 Å². The Balaban J connectivity index is 2.09. The lowest BCUT2D eigenvalue weighted by Gasteiger charge is -2.61. The second-order valence-electron chi connectivity index (χ2n) is 4.48. The Kier molecular flexibility index (Phi) is 1.43. The third-order valence-electron chi connectivity index (χ3n) is 3.47. The highest BCUT2D eigenvalue weighted by Gasteiger charge is 2.59. The third-order valence-corrected chi connectivity index (χ3v) is 3.47. The second-order valence-corrected chi connectivity index (χ2v) is 4.48. The van der Waals surface area contributed by atoms with Gasteiger partial charge in [0.2, 0.25) is 0 Å². The van der Waals surface area contributed by atoms with Gasteiger partial charge in [0, 0.05) is 6.07 Å². The molecule has 0 aliphatic heterocycles. The molecule has 1 N–H and O–H groups in total. The van der Waals surface area contributed by atoms with Gasteiger partial charge in [-0.15, -0.1) is 0 Å². The number of hydrogen-bond acceptors (Lipinski definition) is 3. The Morgan fingerprint density at radius 2 is 2.13 bits per heavy atom. The molecule has 1 aromatic rings. The van der Waals surface area contributed by atoms with E-state index in [1.165, 1.54) is 16.8 Å². The van der Waals surface area contributed by atoms with Crippen LogP contribution >= 0.6 is 0 Å². The molecule has 0 saturated heterocycles. The molecule has 0 radical (unpaired) electrons. The first kappa shape index (κ1) is 8.64. The van der Waals surface area contributed by atoms with Gasteiger partial charge in [-0.25, -0.2) is 9.48 Å². The Morgan fingerprint density at radius 1 is 1.47 bits per heavy atom. The van der Waals surface area contributed by atoms with Crippen molar-refractivity contribution in [1.82, 2.24) is 9.78 Å². The van der Waals surface area contributed by atoms with E-state index in [9.17, 15) is 9.59 Å². The third kappa shape index (κ3) is 1.00. The van der Waals surface area contributed by atoms with Crippen LogP contribution in [0.2, 0.25) is 0 Å². The number of hydrogen-bond donors (Lipinski definition) is 1. The maximum atomic E-state index is 11.6. The average molecular weight is 206 g/mol. The van der Waals surface area contributed by atoms with Crippen molar-refractivity contribution in [3.8, 4) is 0 Å². The number of carbonyl (C=O) groups is 1. The van der Waals surface area contributed by atoms with Gasteiger partial charge < -0.3 is 5.11 Å². The molecule has 0 aromatic carbocycles. The molecule has 15 heavy (non-hydrogen) atoms. The largest absolute Gasteiger partial charge is 0.476 e. The lowest BCUT2D eigenvalue weighted by molar-refractivity contribution is -0.101. The summed E-state index contributed by atoms with van der Waals surface area (Å²) in [6, 6.07) is 2.55. The first-order valence-electron chi connectivity index (χ1n) is 4.95. The summed E-state index contributed by atoms with van der Waals surface area (Å²) in [7, 11) is 0. The molecule has 0 spiro atoms. The van der Waals surface area contributed by atoms with Crippen molar-refractivity contribution in [2.24, 2.45) is 5.92 Å². The summed E-state index contributed by atoms with van der Waals surface area (Å²) in [4.78, 5) is 22.3. The van der Waals surface area contributed by atoms with Crippen LogP contribution in [0.15, 0.2) is 16.9 Å². The summed E-state index contributed by atoms with van der Waals surface area (Å²) in [6.07, 6.45) is 2.93. The van der Waals surface area contributed by atoms with Gasteiger partial charge in [-0.2, -0.15) is 5.10 Å². The molecule has 1 aromatic heterocycles. The molecule has 3 saturated carbocycles. The highest BCUT2D eigenvalue weighted by molar-refractivity contribution is 5.84. The number of aromatic nitrogens is 2. The zero-order chi connectivity index (χ0) is 10.6. The van der Waals surface area contributed by atoms with Gasteiger partial charge in [-0.3, -0.25) is 4.79 Å². The van der Waals surface area contributed by atoms with Crippen molar-refractivity contribution in [3.05, 3.63) is 28.2 Å². The predicted octanol–water partition coefficient (Wildman–Crippen LogP) is 0.451. The predicted molar refractivity (Wildman–Crippen MR) is 50.8 cm³/mol. The Labute approximate surface area is 85.3 Å². The van der Waals surface area contributed by atoms with Crippen LogP contribution in [0.25, 0.3) is 0 Å². The first-order valence-corrected chi connectivity index (χ1v) is 4.95. The van der Waals surface area contributed by atoms with Gasteiger partial charge in [0.1, 0.15) is 0 Å². The Hall–Kier alpha value is -1.65. The second kappa shape index (κ2) is 2.48. The van der Waals surface area contributed by atoms with Crippen LogP contribution in [0.5, 0.6) is 0 Å². The normalized spacial score (nSPS) is 31.6. The van der Waals surface area contributed by atoms with Crippen molar-refractivity contribution >= 4 is 5.97 Å². The minimum Gasteiger partial charge on any atom is -0.476 e. The summed E-state index contributed by atoms with van der Waals surface area (Å²) >= 11 is 0. The molecule has 3 aliphatic carbocycles. The summed E-state index contributed by atoms with van der Waals surface area (Å²) < 4.78 is 1.37. The van der Waals surface area contributed by atoms with Crippen LogP contribution in [-0.4, -0.2) is 20.9 Å². The van der Waals surface area contributed by atoms with Crippen molar-refractivity contribution < 1.29 is 9.90 Å². The molecule has 5 nitrogen and oxygen atoms in total. The van der Waals surface area contributed by atoms with E-state index in [0.717, 1.165) is 25.2 Å². The van der Waals surface area contributed by atoms with E-state index in [1.54, 1.807) is 0 Å². The zero-order valence-corrected chi connectivity index (χ0v) is 8.01. The fourth-order valence-electron chi connectivity index (χ4n) is 2.56. The minimum atomic E-state index is -1.09. The maximum absolute atomic E-state index is 11.6. The highest BCUT2D eigenvalue weighted by atomic mass is 16.4. The van der Waals surface area contributed by atoms with Crippen molar-refractivity contribution in [3.63, 3.8) is 0 Å². The van der Waals surface area contributed by atoms with Crippen molar-refractivity contribution in [1.29, 1.82) is 0 Å². The van der Waals surface area contributed by atoms with Crippen LogP contribution in [0.4, 0.5) is 0 Å². The van der Waals surface area contributed by atoms with E-state index in [2.05, 4.69) is 5.10 Å². The molecule has 5 heteroatoms. The molecule has 0 atom stereocenters. The van der Waals surface area contributed by atoms with E-state index in [-0.39, 0.29) is 16.8 Å². The number of nitrogens with zero attached hydrogens (tertiary/aromatic N) is 2. The summed E-state index contributed by atoms with van der Waals surface area (Å²) in [6.45, 7) is 0. The van der Waals surface area contributed by atoms with Gasteiger partial charge in [-0.05, 0) is 31.2 Å². The molecule has 0 unspecified atom stereocenters. The number of rotatable bonds is 2. The van der Waals surface area contributed by atoms with Gasteiger partial charge in [0.05, 0.1) is 5.54 Å². The van der Waals surface area contributed by atoms with Gasteiger partial charge in [0.25, 0.3) is 5.56 Å². The summed E-state index contributed by atoms with van der Waals surface area (Å²) in [5.74, 6) is -0.359. The Bertz CT molecular complexity index is 489. The quantitative estimate of drug-likeness (QED) is 0.762. The van der Waals surface area contributed by atoms with E-state index in [0.29, 0.717) is 0 Å². The fourth-order valence-corrected chi connectivity index (χ4v) is 2.56. The lowest BCUT2D eigenvalue weighted by atomic mass is 9.50. The van der Waals surface area contributed by atoms with Crippen LogP contribution in [0, 0.1) is 5.92 Å². The van der Waals surface area contributed by atoms with Gasteiger partial charge in [0.15, 0.2) is 5.69 Å². The molecule has 0 amide bonds. The van der Waals surface area contributed by atoms with Crippen molar-refractivity contribution in [2.75, 3.05) is 0 Å². The highest BCUT2D eigenvalue weighted by Crippen LogP contribution is 2.61. The SMILES string of the molecule is O=C(O)c1ccc(=O)n(C23CC(C2)C3)n1. The molecule has 3 aliphatic rings. The standard InChI is InChI=1S/C10H10N2O3/c13-8-2-1-7(9(14)15)11-12(8)10-3-6(4-10)5-10/h1-2,6H,3-5H2,(H,14,15). The molecule has 1 heterocycles. The smallest absolute Gasteiger partial charge is 0.356 e. The maximum Gasteiger partial charge on any atom is 0.356 e. The average Bonchev–Trinajstić information content (AvgIpc) is 2.02. The monoisotopic (exact) mass is 206 g/mol. The fraction of sp³-hybridized carbons (Fsp3) is 0.500. The molecular weight excluding hydrogens is 196 g/mol. The van der Waals surface area contributed by atoms with Crippen molar-refractivity contribution in [2.45, 2.75) is 24.8 Å². The van der Waals surface area contributed by atoms with Crippen LogP contribution in [0.1, 0.15) is 29.8 Å². The topological polar surface area (TPSA) is 72.2 Å². The Morgan fingerprint density at radius 3 is 2.60 bits per heavy atom. The molecule has 2 bridgehead atoms. The molecule has 78 valence electrons. The van der Waals surface area contributed by atoms with E-state index in [1.807, 2.05) is 0 Å². The van der Waals surface area contributed by atoms with Crippen LogP contribution in [0.3, 0.4) is 0 Å². The van der Waals surface area contributed by atoms with E-state index < -0.39 is 5.97 Å². The molecule has 4 rings (SSSR count). The number of aromatic carboxylic acids is 1. The molecular formula is C10H10N2O3. The van der Waals surface area contributed by atoms with Crippen LogP contribution < -0.4 is 5.56 Å². The van der Waals surface area contributed by atoms with E-state index in [4.69, 9.17) is 5.11 Å². The number of carboxylic acids is 1. The number of carboxylic acid groups (broad SMARTS) is 1. The summed E-state index contributed by atoms with van der Waals surface area (Å²) in [5, 5.41) is 12.7. The first-order chi connectivity index (χ1) is 7.11. The van der Waals surface area contributed by atoms with Crippen LogP contribution in [-0.2, 0) is 5.54 Å². The van der Waals surface area contributed by atoms with Gasteiger partial charge >= 0.3 is 5.97 Å². The molecule has 3 fully saturated rings. The minimum absolute atomic E-state index is 0.0562. The zero-order valence-electron chi connectivity index (χ0n) is 8.01. The summed E-state index contributed by atoms with van der Waals surface area (Å²) in [5.41, 5.74) is -0.398.